The molecule has 2 heterocycles. The Balaban J connectivity index is 1.62. The van der Waals surface area contributed by atoms with E-state index in [1.807, 2.05) is 42.5 Å². The number of aromatic nitrogens is 1. The fraction of sp³-hybridized carbons (Fsp3) is 0.407. The highest BCUT2D eigenvalue weighted by atomic mass is 16.5. The summed E-state index contributed by atoms with van der Waals surface area (Å²) in [6, 6.07) is 16.1. The van der Waals surface area contributed by atoms with Crippen LogP contribution in [0.15, 0.2) is 42.5 Å². The van der Waals surface area contributed by atoms with E-state index in [1.165, 1.54) is 0 Å². The van der Waals surface area contributed by atoms with Gasteiger partial charge in [-0.05, 0) is 43.2 Å². The van der Waals surface area contributed by atoms with Gasteiger partial charge in [0, 0.05) is 37.6 Å². The molecule has 178 valence electrons. The first-order valence-corrected chi connectivity index (χ1v) is 11.9. The van der Waals surface area contributed by atoms with Crippen LogP contribution in [0.25, 0.3) is 22.2 Å². The van der Waals surface area contributed by atoms with E-state index >= 15 is 0 Å². The van der Waals surface area contributed by atoms with E-state index in [9.17, 15) is 10.1 Å². The summed E-state index contributed by atoms with van der Waals surface area (Å²) in [7, 11) is 0. The fourth-order valence-corrected chi connectivity index (χ4v) is 4.49. The molecule has 0 unspecified atom stereocenters. The summed E-state index contributed by atoms with van der Waals surface area (Å²) in [5, 5.41) is 10.9. The summed E-state index contributed by atoms with van der Waals surface area (Å²) >= 11 is 0. The highest BCUT2D eigenvalue weighted by molar-refractivity contribution is 5.95. The second-order valence-corrected chi connectivity index (χ2v) is 8.24. The third-order valence-electron chi connectivity index (χ3n) is 6.10. The summed E-state index contributed by atoms with van der Waals surface area (Å²) in [6.07, 6.45) is 0.205. The molecule has 7 nitrogen and oxygen atoms in total. The number of carbonyl (C=O) groups excluding carboxylic acids is 1. The molecule has 1 saturated heterocycles. The lowest BCUT2D eigenvalue weighted by atomic mass is 10.0. The minimum atomic E-state index is -0.255. The molecule has 0 amide bonds. The molecule has 4 rings (SSSR count). The molecule has 7 heteroatoms. The van der Waals surface area contributed by atoms with Gasteiger partial charge < -0.3 is 18.8 Å². The number of benzene rings is 2. The number of nitriles is 1. The van der Waals surface area contributed by atoms with Crippen molar-refractivity contribution < 1.29 is 19.0 Å². The summed E-state index contributed by atoms with van der Waals surface area (Å²) in [5.74, 6) is 0.537. The first-order valence-electron chi connectivity index (χ1n) is 11.9. The molecule has 0 radical (unpaired) electrons. The van der Waals surface area contributed by atoms with Crippen LogP contribution in [0.4, 0.5) is 0 Å². The number of esters is 1. The first-order chi connectivity index (χ1) is 16.6. The molecule has 34 heavy (non-hydrogen) atoms. The number of ether oxygens (including phenoxy) is 3. The van der Waals surface area contributed by atoms with Gasteiger partial charge in [-0.1, -0.05) is 18.2 Å². The van der Waals surface area contributed by atoms with Crippen molar-refractivity contribution in [3.8, 4) is 23.1 Å². The van der Waals surface area contributed by atoms with Gasteiger partial charge in [0.25, 0.3) is 0 Å². The van der Waals surface area contributed by atoms with E-state index in [1.54, 1.807) is 6.92 Å². The van der Waals surface area contributed by atoms with Crippen molar-refractivity contribution >= 4 is 16.9 Å². The van der Waals surface area contributed by atoms with E-state index in [0.717, 1.165) is 66.3 Å². The molecule has 0 aliphatic carbocycles. The van der Waals surface area contributed by atoms with Gasteiger partial charge in [-0.3, -0.25) is 9.69 Å². The quantitative estimate of drug-likeness (QED) is 0.448. The SMILES string of the molecule is CCOC(=O)Cc1cccc(-c2c(C#N)c3ccc(OCCN4CCOCC4)cc3n2CC)c1. The number of carbonyl (C=O) groups is 1. The average molecular weight is 462 g/mol. The molecule has 0 atom stereocenters. The van der Waals surface area contributed by atoms with Gasteiger partial charge in [0.2, 0.25) is 0 Å². The lowest BCUT2D eigenvalue weighted by molar-refractivity contribution is -0.142. The van der Waals surface area contributed by atoms with Gasteiger partial charge in [0.1, 0.15) is 18.4 Å². The van der Waals surface area contributed by atoms with Crippen LogP contribution in [0.3, 0.4) is 0 Å². The highest BCUT2D eigenvalue weighted by Crippen LogP contribution is 2.35. The second kappa shape index (κ2) is 11.2. The predicted molar refractivity (Wildman–Crippen MR) is 131 cm³/mol. The van der Waals surface area contributed by atoms with Gasteiger partial charge in [-0.2, -0.15) is 5.26 Å². The first kappa shape index (κ1) is 23.8. The molecule has 1 aliphatic heterocycles. The van der Waals surface area contributed by atoms with Crippen LogP contribution in [0.5, 0.6) is 5.75 Å². The summed E-state index contributed by atoms with van der Waals surface area (Å²) in [4.78, 5) is 14.3. The van der Waals surface area contributed by atoms with E-state index in [2.05, 4.69) is 22.5 Å². The van der Waals surface area contributed by atoms with Crippen LogP contribution in [0.2, 0.25) is 0 Å². The Kier molecular flexibility index (Phi) is 7.84. The van der Waals surface area contributed by atoms with Gasteiger partial charge in [-0.25, -0.2) is 0 Å². The number of rotatable bonds is 9. The minimum absolute atomic E-state index is 0.205. The maximum Gasteiger partial charge on any atom is 0.310 e. The fourth-order valence-electron chi connectivity index (χ4n) is 4.49. The molecule has 2 aromatic carbocycles. The van der Waals surface area contributed by atoms with Gasteiger partial charge in [-0.15, -0.1) is 0 Å². The van der Waals surface area contributed by atoms with Crippen LogP contribution in [-0.4, -0.2) is 61.5 Å². The van der Waals surface area contributed by atoms with Crippen molar-refractivity contribution in [2.24, 2.45) is 0 Å². The maximum absolute atomic E-state index is 12.0. The Morgan fingerprint density at radius 3 is 2.71 bits per heavy atom. The molecule has 0 bridgehead atoms. The second-order valence-electron chi connectivity index (χ2n) is 8.24. The standard InChI is InChI=1S/C27H31N3O4/c1-3-30-25-18-22(34-15-12-29-10-13-32-14-11-29)8-9-23(25)24(19-28)27(30)21-7-5-6-20(16-21)17-26(31)33-4-2/h5-9,16,18H,3-4,10-15,17H2,1-2H3. The Hall–Kier alpha value is -3.34. The summed E-state index contributed by atoms with van der Waals surface area (Å²) < 4.78 is 18.7. The molecule has 0 N–H and O–H groups in total. The zero-order valence-corrected chi connectivity index (χ0v) is 19.9. The maximum atomic E-state index is 12.0. The normalized spacial score (nSPS) is 14.1. The summed E-state index contributed by atoms with van der Waals surface area (Å²) in [6.45, 7) is 9.81. The van der Waals surface area contributed by atoms with Crippen molar-refractivity contribution in [1.82, 2.24) is 9.47 Å². The zero-order chi connectivity index (χ0) is 23.9. The van der Waals surface area contributed by atoms with Crippen molar-refractivity contribution in [1.29, 1.82) is 5.26 Å². The van der Waals surface area contributed by atoms with Crippen LogP contribution < -0.4 is 4.74 Å². The van der Waals surface area contributed by atoms with Gasteiger partial charge >= 0.3 is 5.97 Å². The average Bonchev–Trinajstić information content (AvgIpc) is 3.18. The third kappa shape index (κ3) is 5.24. The van der Waals surface area contributed by atoms with E-state index < -0.39 is 0 Å². The molecular weight excluding hydrogens is 430 g/mol. The molecule has 1 aromatic heterocycles. The number of hydrogen-bond donors (Lipinski definition) is 0. The third-order valence-corrected chi connectivity index (χ3v) is 6.10. The van der Waals surface area contributed by atoms with Crippen molar-refractivity contribution in [2.75, 3.05) is 46.1 Å². The summed E-state index contributed by atoms with van der Waals surface area (Å²) in [5.41, 5.74) is 4.22. The van der Waals surface area contributed by atoms with Crippen molar-refractivity contribution in [3.05, 3.63) is 53.6 Å². The van der Waals surface area contributed by atoms with Crippen molar-refractivity contribution in [3.63, 3.8) is 0 Å². The van der Waals surface area contributed by atoms with Crippen LogP contribution in [0, 0.1) is 11.3 Å². The Morgan fingerprint density at radius 2 is 1.97 bits per heavy atom. The van der Waals surface area contributed by atoms with E-state index in [-0.39, 0.29) is 12.4 Å². The Labute approximate surface area is 200 Å². The number of morpholine rings is 1. The molecular formula is C27H31N3O4. The lowest BCUT2D eigenvalue weighted by Gasteiger charge is -2.26. The molecule has 0 saturated carbocycles. The Bertz CT molecular complexity index is 1190. The smallest absolute Gasteiger partial charge is 0.310 e. The van der Waals surface area contributed by atoms with Crippen LogP contribution in [-0.2, 0) is 27.2 Å². The molecule has 0 spiro atoms. The Morgan fingerprint density at radius 1 is 1.15 bits per heavy atom. The number of fused-ring (bicyclic) bond motifs is 1. The van der Waals surface area contributed by atoms with E-state index in [0.29, 0.717) is 25.3 Å². The van der Waals surface area contributed by atoms with Crippen LogP contribution in [0.1, 0.15) is 25.0 Å². The highest BCUT2D eigenvalue weighted by Gasteiger charge is 2.19. The van der Waals surface area contributed by atoms with Gasteiger partial charge in [0.15, 0.2) is 0 Å². The molecule has 1 aliphatic rings. The largest absolute Gasteiger partial charge is 0.492 e. The predicted octanol–water partition coefficient (Wildman–Crippen LogP) is 4.02. The monoisotopic (exact) mass is 461 g/mol. The lowest BCUT2D eigenvalue weighted by Crippen LogP contribution is -2.38. The number of aryl methyl sites for hydroxylation is 1. The zero-order valence-electron chi connectivity index (χ0n) is 19.9. The number of hydrogen-bond acceptors (Lipinski definition) is 6. The van der Waals surface area contributed by atoms with E-state index in [4.69, 9.17) is 14.2 Å². The number of nitrogens with zero attached hydrogens (tertiary/aromatic N) is 3. The van der Waals surface area contributed by atoms with Crippen molar-refractivity contribution in [2.45, 2.75) is 26.8 Å². The van der Waals surface area contributed by atoms with Gasteiger partial charge in [0.05, 0.1) is 43.0 Å². The molecule has 1 fully saturated rings. The molecule has 3 aromatic rings. The minimum Gasteiger partial charge on any atom is -0.492 e. The van der Waals surface area contributed by atoms with Crippen LogP contribution >= 0.6 is 0 Å². The topological polar surface area (TPSA) is 76.7 Å².